The van der Waals surface area contributed by atoms with E-state index in [1.165, 1.54) is 7.11 Å². The standard InChI is InChI=1S/C13H18BrN5O4/c1-23-11-9(14)8-16-12(17-11)18-4-6-19(7-5-18)13(22)15-3-2-10(20)21/h8H,2-7H2,1H3,(H,15,22)(H,20,21). The van der Waals surface area contributed by atoms with Gasteiger partial charge in [0.15, 0.2) is 0 Å². The third kappa shape index (κ3) is 4.68. The average Bonchev–Trinajstić information content (AvgIpc) is 2.55. The molecule has 0 atom stereocenters. The molecule has 9 nitrogen and oxygen atoms in total. The molecule has 1 aromatic rings. The van der Waals surface area contributed by atoms with Crippen LogP contribution in [0.1, 0.15) is 6.42 Å². The van der Waals surface area contributed by atoms with Gasteiger partial charge in [-0.15, -0.1) is 0 Å². The first kappa shape index (κ1) is 17.3. The Morgan fingerprint density at radius 2 is 2.09 bits per heavy atom. The summed E-state index contributed by atoms with van der Waals surface area (Å²) < 4.78 is 5.83. The number of amides is 2. The Kier molecular flexibility index (Phi) is 5.97. The van der Waals surface area contributed by atoms with Crippen molar-refractivity contribution >= 4 is 33.9 Å². The highest BCUT2D eigenvalue weighted by Gasteiger charge is 2.23. The Labute approximate surface area is 141 Å². The number of hydrogen-bond donors (Lipinski definition) is 2. The third-order valence-electron chi connectivity index (χ3n) is 3.36. The fourth-order valence-electron chi connectivity index (χ4n) is 2.14. The summed E-state index contributed by atoms with van der Waals surface area (Å²) >= 11 is 3.31. The van der Waals surface area contributed by atoms with Crippen molar-refractivity contribution in [1.29, 1.82) is 0 Å². The van der Waals surface area contributed by atoms with Crippen LogP contribution in [0.4, 0.5) is 10.7 Å². The number of hydrogen-bond acceptors (Lipinski definition) is 6. The quantitative estimate of drug-likeness (QED) is 0.759. The molecule has 126 valence electrons. The van der Waals surface area contributed by atoms with Gasteiger partial charge >= 0.3 is 12.0 Å². The van der Waals surface area contributed by atoms with Crippen LogP contribution < -0.4 is 15.0 Å². The van der Waals surface area contributed by atoms with Crippen molar-refractivity contribution < 1.29 is 19.4 Å². The Morgan fingerprint density at radius 1 is 1.39 bits per heavy atom. The van der Waals surface area contributed by atoms with E-state index >= 15 is 0 Å². The molecule has 0 spiro atoms. The molecular weight excluding hydrogens is 370 g/mol. The highest BCUT2D eigenvalue weighted by atomic mass is 79.9. The van der Waals surface area contributed by atoms with Gasteiger partial charge in [-0.25, -0.2) is 9.78 Å². The summed E-state index contributed by atoms with van der Waals surface area (Å²) in [5.41, 5.74) is 0. The van der Waals surface area contributed by atoms with Crippen LogP contribution in [0.15, 0.2) is 10.7 Å². The van der Waals surface area contributed by atoms with Crippen LogP contribution in [0, 0.1) is 0 Å². The van der Waals surface area contributed by atoms with Crippen molar-refractivity contribution in [3.8, 4) is 5.88 Å². The second-order valence-electron chi connectivity index (χ2n) is 4.88. The van der Waals surface area contributed by atoms with Crippen LogP contribution in [-0.2, 0) is 4.79 Å². The summed E-state index contributed by atoms with van der Waals surface area (Å²) in [5, 5.41) is 11.2. The molecule has 0 saturated carbocycles. The highest BCUT2D eigenvalue weighted by molar-refractivity contribution is 9.10. The van der Waals surface area contributed by atoms with Gasteiger partial charge in [-0.3, -0.25) is 4.79 Å². The normalized spacial score (nSPS) is 14.5. The van der Waals surface area contributed by atoms with Crippen molar-refractivity contribution in [3.63, 3.8) is 0 Å². The van der Waals surface area contributed by atoms with Crippen LogP contribution in [-0.4, -0.2) is 71.8 Å². The van der Waals surface area contributed by atoms with Gasteiger partial charge in [-0.1, -0.05) is 0 Å². The van der Waals surface area contributed by atoms with Gasteiger partial charge in [-0.05, 0) is 15.9 Å². The minimum atomic E-state index is -0.934. The molecule has 0 aromatic carbocycles. The molecule has 2 amide bonds. The number of carboxylic acids is 1. The number of nitrogens with zero attached hydrogens (tertiary/aromatic N) is 4. The maximum atomic E-state index is 11.9. The minimum Gasteiger partial charge on any atom is -0.481 e. The van der Waals surface area contributed by atoms with Crippen LogP contribution >= 0.6 is 15.9 Å². The molecule has 0 unspecified atom stereocenters. The Balaban J connectivity index is 1.86. The maximum Gasteiger partial charge on any atom is 0.317 e. The zero-order valence-electron chi connectivity index (χ0n) is 12.7. The number of aliphatic carboxylic acids is 1. The maximum absolute atomic E-state index is 11.9. The number of halogens is 1. The molecule has 1 saturated heterocycles. The molecular formula is C13H18BrN5O4. The van der Waals surface area contributed by atoms with Crippen molar-refractivity contribution in [2.24, 2.45) is 0 Å². The smallest absolute Gasteiger partial charge is 0.317 e. The number of carboxylic acid groups (broad SMARTS) is 1. The number of ether oxygens (including phenoxy) is 1. The van der Waals surface area contributed by atoms with Crippen LogP contribution in [0.25, 0.3) is 0 Å². The lowest BCUT2D eigenvalue weighted by Crippen LogP contribution is -2.52. The molecule has 1 aromatic heterocycles. The molecule has 2 heterocycles. The second-order valence-corrected chi connectivity index (χ2v) is 5.73. The zero-order valence-corrected chi connectivity index (χ0v) is 14.2. The number of piperazine rings is 1. The second kappa shape index (κ2) is 7.95. The fourth-order valence-corrected chi connectivity index (χ4v) is 2.49. The van der Waals surface area contributed by atoms with Gasteiger partial charge in [0.05, 0.1) is 24.2 Å². The fraction of sp³-hybridized carbons (Fsp3) is 0.538. The predicted molar refractivity (Wildman–Crippen MR) is 85.7 cm³/mol. The lowest BCUT2D eigenvalue weighted by molar-refractivity contribution is -0.136. The van der Waals surface area contributed by atoms with Gasteiger partial charge in [-0.2, -0.15) is 4.98 Å². The summed E-state index contributed by atoms with van der Waals surface area (Å²) in [6.45, 7) is 2.34. The third-order valence-corrected chi connectivity index (χ3v) is 3.90. The van der Waals surface area contributed by atoms with E-state index in [1.807, 2.05) is 4.90 Å². The van der Waals surface area contributed by atoms with E-state index < -0.39 is 5.97 Å². The minimum absolute atomic E-state index is 0.0851. The number of rotatable bonds is 5. The summed E-state index contributed by atoms with van der Waals surface area (Å²) in [4.78, 5) is 34.5. The van der Waals surface area contributed by atoms with E-state index in [1.54, 1.807) is 11.1 Å². The molecule has 0 bridgehead atoms. The largest absolute Gasteiger partial charge is 0.481 e. The highest BCUT2D eigenvalue weighted by Crippen LogP contribution is 2.23. The topological polar surface area (TPSA) is 108 Å². The predicted octanol–water partition coefficient (Wildman–Crippen LogP) is 0.554. The Bertz CT molecular complexity index is 577. The van der Waals surface area contributed by atoms with Crippen molar-refractivity contribution in [2.75, 3.05) is 44.7 Å². The van der Waals surface area contributed by atoms with Crippen LogP contribution in [0.2, 0.25) is 0 Å². The lowest BCUT2D eigenvalue weighted by Gasteiger charge is -2.34. The lowest BCUT2D eigenvalue weighted by atomic mass is 10.3. The van der Waals surface area contributed by atoms with E-state index in [2.05, 4.69) is 31.2 Å². The number of carbonyl (C=O) groups is 2. The van der Waals surface area contributed by atoms with Gasteiger partial charge in [0.1, 0.15) is 0 Å². The first-order valence-electron chi connectivity index (χ1n) is 7.07. The molecule has 10 heteroatoms. The monoisotopic (exact) mass is 387 g/mol. The summed E-state index contributed by atoms with van der Waals surface area (Å²) in [6.07, 6.45) is 1.55. The first-order chi connectivity index (χ1) is 11.0. The molecule has 1 fully saturated rings. The number of nitrogens with one attached hydrogen (secondary N) is 1. The number of carbonyl (C=O) groups excluding carboxylic acids is 1. The first-order valence-corrected chi connectivity index (χ1v) is 7.86. The van der Waals surface area contributed by atoms with Crippen molar-refractivity contribution in [2.45, 2.75) is 6.42 Å². The number of methoxy groups -OCH3 is 1. The van der Waals surface area contributed by atoms with E-state index in [0.717, 1.165) is 0 Å². The zero-order chi connectivity index (χ0) is 16.8. The van der Waals surface area contributed by atoms with E-state index in [0.29, 0.717) is 42.5 Å². The average molecular weight is 388 g/mol. The van der Waals surface area contributed by atoms with Gasteiger partial charge in [0.2, 0.25) is 11.8 Å². The summed E-state index contributed by atoms with van der Waals surface area (Å²) in [6, 6.07) is -0.250. The number of anilines is 1. The van der Waals surface area contributed by atoms with Gasteiger partial charge in [0, 0.05) is 32.7 Å². The molecule has 1 aliphatic rings. The molecule has 2 N–H and O–H groups in total. The van der Waals surface area contributed by atoms with E-state index in [9.17, 15) is 9.59 Å². The SMILES string of the molecule is COc1nc(N2CCN(C(=O)NCCC(=O)O)CC2)ncc1Br. The Hall–Kier alpha value is -2.10. The van der Waals surface area contributed by atoms with Crippen molar-refractivity contribution in [1.82, 2.24) is 20.2 Å². The molecule has 0 aliphatic carbocycles. The molecule has 1 aliphatic heterocycles. The molecule has 2 rings (SSSR count). The Morgan fingerprint density at radius 3 is 2.70 bits per heavy atom. The van der Waals surface area contributed by atoms with Crippen LogP contribution in [0.3, 0.4) is 0 Å². The number of urea groups is 1. The van der Waals surface area contributed by atoms with E-state index in [4.69, 9.17) is 9.84 Å². The summed E-state index contributed by atoms with van der Waals surface area (Å²) in [7, 11) is 1.54. The van der Waals surface area contributed by atoms with Gasteiger partial charge in [0.25, 0.3) is 0 Å². The van der Waals surface area contributed by atoms with Crippen LogP contribution in [0.5, 0.6) is 5.88 Å². The summed E-state index contributed by atoms with van der Waals surface area (Å²) in [5.74, 6) is 0.0799. The number of aromatic nitrogens is 2. The molecule has 23 heavy (non-hydrogen) atoms. The molecule has 0 radical (unpaired) electrons. The van der Waals surface area contributed by atoms with E-state index in [-0.39, 0.29) is 19.0 Å². The van der Waals surface area contributed by atoms with Gasteiger partial charge < -0.3 is 25.0 Å². The van der Waals surface area contributed by atoms with Crippen molar-refractivity contribution in [3.05, 3.63) is 10.7 Å².